The van der Waals surface area contributed by atoms with Gasteiger partial charge in [0.05, 0.1) is 13.2 Å². The van der Waals surface area contributed by atoms with Crippen LogP contribution in [0.2, 0.25) is 0 Å². The predicted octanol–water partition coefficient (Wildman–Crippen LogP) is 0.383. The number of rotatable bonds is 6. The molecule has 0 heterocycles. The van der Waals surface area contributed by atoms with Crippen molar-refractivity contribution < 1.29 is 9.53 Å². The summed E-state index contributed by atoms with van der Waals surface area (Å²) in [5.41, 5.74) is 0. The fourth-order valence-electron chi connectivity index (χ4n) is 4.13. The van der Waals surface area contributed by atoms with Gasteiger partial charge in [-0.25, -0.2) is 0 Å². The maximum Gasteiger partial charge on any atom is 0.234 e. The number of fused-ring (bicyclic) bond motifs is 5. The zero-order valence-electron chi connectivity index (χ0n) is 10.4. The number of carbonyl (C=O) groups is 1. The number of methoxy groups -OCH3 is 1. The first-order valence-corrected chi connectivity index (χ1v) is 6.80. The molecule has 3 aliphatic rings. The molecule has 0 aromatic heterocycles. The van der Waals surface area contributed by atoms with E-state index in [1.165, 1.54) is 19.3 Å². The smallest absolute Gasteiger partial charge is 0.234 e. The van der Waals surface area contributed by atoms with Gasteiger partial charge < -0.3 is 15.4 Å². The molecule has 0 aromatic carbocycles. The lowest BCUT2D eigenvalue weighted by molar-refractivity contribution is -0.120. The van der Waals surface area contributed by atoms with E-state index in [2.05, 4.69) is 10.6 Å². The van der Waals surface area contributed by atoms with Crippen LogP contribution in [0.5, 0.6) is 0 Å². The summed E-state index contributed by atoms with van der Waals surface area (Å²) in [5.74, 6) is 3.67. The van der Waals surface area contributed by atoms with Gasteiger partial charge in [-0.15, -0.1) is 0 Å². The number of nitrogens with one attached hydrogen (secondary N) is 2. The maximum atomic E-state index is 11.7. The summed E-state index contributed by atoms with van der Waals surface area (Å²) in [4.78, 5) is 11.7. The lowest BCUT2D eigenvalue weighted by Gasteiger charge is -2.11. The highest BCUT2D eigenvalue weighted by molar-refractivity contribution is 5.78. The van der Waals surface area contributed by atoms with Gasteiger partial charge in [-0.05, 0) is 42.9 Å². The third-order valence-electron chi connectivity index (χ3n) is 4.83. The van der Waals surface area contributed by atoms with Crippen LogP contribution in [0, 0.1) is 23.7 Å². The molecule has 4 nitrogen and oxygen atoms in total. The van der Waals surface area contributed by atoms with E-state index in [4.69, 9.17) is 4.74 Å². The molecule has 17 heavy (non-hydrogen) atoms. The van der Waals surface area contributed by atoms with Crippen molar-refractivity contribution in [1.82, 2.24) is 10.6 Å². The summed E-state index contributed by atoms with van der Waals surface area (Å²) < 4.78 is 4.92. The summed E-state index contributed by atoms with van der Waals surface area (Å²) in [6, 6.07) is 0.512. The second kappa shape index (κ2) is 4.58. The van der Waals surface area contributed by atoms with Crippen LogP contribution in [0.25, 0.3) is 0 Å². The molecule has 4 heteroatoms. The second-order valence-corrected chi connectivity index (χ2v) is 5.75. The monoisotopic (exact) mass is 238 g/mol. The van der Waals surface area contributed by atoms with Crippen LogP contribution < -0.4 is 10.6 Å². The van der Waals surface area contributed by atoms with Crippen LogP contribution in [0.15, 0.2) is 0 Å². The Morgan fingerprint density at radius 2 is 2.00 bits per heavy atom. The summed E-state index contributed by atoms with van der Waals surface area (Å²) in [6.45, 7) is 1.83. The van der Waals surface area contributed by atoms with Gasteiger partial charge in [-0.3, -0.25) is 4.79 Å². The molecule has 3 aliphatic carbocycles. The third kappa shape index (κ3) is 2.08. The van der Waals surface area contributed by atoms with E-state index in [9.17, 15) is 4.79 Å². The molecule has 2 N–H and O–H groups in total. The van der Waals surface area contributed by atoms with E-state index in [0.29, 0.717) is 19.2 Å². The molecule has 0 radical (unpaired) electrons. The average Bonchev–Trinajstić information content (AvgIpc) is 2.74. The van der Waals surface area contributed by atoms with Gasteiger partial charge in [-0.1, -0.05) is 0 Å². The highest BCUT2D eigenvalue weighted by Crippen LogP contribution is 2.65. The second-order valence-electron chi connectivity index (χ2n) is 5.75. The first kappa shape index (κ1) is 11.5. The Bertz CT molecular complexity index is 292. The number of hydrogen-bond acceptors (Lipinski definition) is 3. The molecule has 4 unspecified atom stereocenters. The largest absolute Gasteiger partial charge is 0.383 e. The fourth-order valence-corrected chi connectivity index (χ4v) is 4.13. The highest BCUT2D eigenvalue weighted by Gasteiger charge is 2.65. The summed E-state index contributed by atoms with van der Waals surface area (Å²) in [6.07, 6.45) is 4.25. The van der Waals surface area contributed by atoms with Crippen molar-refractivity contribution in [3.63, 3.8) is 0 Å². The molecule has 4 atom stereocenters. The van der Waals surface area contributed by atoms with Gasteiger partial charge in [0.2, 0.25) is 5.91 Å². The lowest BCUT2D eigenvalue weighted by atomic mass is 10.0. The summed E-state index contributed by atoms with van der Waals surface area (Å²) in [5, 5.41) is 6.28. The minimum Gasteiger partial charge on any atom is -0.383 e. The lowest BCUT2D eigenvalue weighted by Crippen LogP contribution is -2.38. The fraction of sp³-hybridized carbons (Fsp3) is 0.923. The van der Waals surface area contributed by atoms with E-state index in [1.807, 2.05) is 0 Å². The molecule has 3 fully saturated rings. The predicted molar refractivity (Wildman–Crippen MR) is 64.5 cm³/mol. The van der Waals surface area contributed by atoms with Gasteiger partial charge in [0.25, 0.3) is 0 Å². The minimum absolute atomic E-state index is 0.153. The zero-order valence-corrected chi connectivity index (χ0v) is 10.4. The van der Waals surface area contributed by atoms with Gasteiger partial charge in [0, 0.05) is 19.7 Å². The first-order valence-electron chi connectivity index (χ1n) is 6.80. The Hall–Kier alpha value is -0.610. The summed E-state index contributed by atoms with van der Waals surface area (Å²) in [7, 11) is 1.67. The Morgan fingerprint density at radius 1 is 1.29 bits per heavy atom. The average molecular weight is 238 g/mol. The van der Waals surface area contributed by atoms with E-state index >= 15 is 0 Å². The summed E-state index contributed by atoms with van der Waals surface area (Å²) >= 11 is 0. The molecule has 3 saturated carbocycles. The zero-order chi connectivity index (χ0) is 11.8. The number of ether oxygens (including phenoxy) is 1. The normalized spacial score (nSPS) is 41.4. The Kier molecular flexibility index (Phi) is 3.09. The molecule has 0 saturated heterocycles. The quantitative estimate of drug-likeness (QED) is 0.658. The molecular weight excluding hydrogens is 216 g/mol. The SMILES string of the molecule is COCCNCC(=O)NC1C2C3CCC(C3)C12. The topological polar surface area (TPSA) is 50.4 Å². The molecule has 3 rings (SSSR count). The van der Waals surface area contributed by atoms with Crippen LogP contribution >= 0.6 is 0 Å². The maximum absolute atomic E-state index is 11.7. The number of amides is 1. The Morgan fingerprint density at radius 3 is 2.65 bits per heavy atom. The van der Waals surface area contributed by atoms with Crippen molar-refractivity contribution in [2.45, 2.75) is 25.3 Å². The van der Waals surface area contributed by atoms with Crippen LogP contribution in [-0.4, -0.2) is 38.8 Å². The Labute approximate surface area is 102 Å². The van der Waals surface area contributed by atoms with Gasteiger partial charge >= 0.3 is 0 Å². The molecule has 96 valence electrons. The molecule has 0 spiro atoms. The third-order valence-corrected chi connectivity index (χ3v) is 4.83. The van der Waals surface area contributed by atoms with Crippen molar-refractivity contribution >= 4 is 5.91 Å². The van der Waals surface area contributed by atoms with Gasteiger partial charge in [0.1, 0.15) is 0 Å². The van der Waals surface area contributed by atoms with Crippen LogP contribution in [-0.2, 0) is 9.53 Å². The van der Waals surface area contributed by atoms with Crippen molar-refractivity contribution in [2.75, 3.05) is 26.8 Å². The molecule has 1 amide bonds. The van der Waals surface area contributed by atoms with Crippen molar-refractivity contribution in [3.05, 3.63) is 0 Å². The Balaban J connectivity index is 1.37. The van der Waals surface area contributed by atoms with Gasteiger partial charge in [0.15, 0.2) is 0 Å². The molecule has 0 aliphatic heterocycles. The molecular formula is C13H22N2O2. The van der Waals surface area contributed by atoms with Crippen LogP contribution in [0.4, 0.5) is 0 Å². The van der Waals surface area contributed by atoms with E-state index in [0.717, 1.165) is 30.2 Å². The molecule has 0 aromatic rings. The van der Waals surface area contributed by atoms with Crippen LogP contribution in [0.1, 0.15) is 19.3 Å². The van der Waals surface area contributed by atoms with E-state index in [-0.39, 0.29) is 5.91 Å². The highest BCUT2D eigenvalue weighted by atomic mass is 16.5. The standard InChI is InChI=1S/C13H22N2O2/c1-17-5-4-14-7-10(16)15-13-11-8-2-3-9(6-8)12(11)13/h8-9,11-14H,2-7H2,1H3,(H,15,16). The minimum atomic E-state index is 0.153. The number of carbonyl (C=O) groups excluding carboxylic acids is 1. The number of hydrogen-bond donors (Lipinski definition) is 2. The van der Waals surface area contributed by atoms with E-state index in [1.54, 1.807) is 7.11 Å². The molecule has 2 bridgehead atoms. The van der Waals surface area contributed by atoms with Crippen molar-refractivity contribution in [1.29, 1.82) is 0 Å². The van der Waals surface area contributed by atoms with Crippen LogP contribution in [0.3, 0.4) is 0 Å². The first-order chi connectivity index (χ1) is 8.31. The van der Waals surface area contributed by atoms with Crippen molar-refractivity contribution in [3.8, 4) is 0 Å². The van der Waals surface area contributed by atoms with Crippen molar-refractivity contribution in [2.24, 2.45) is 23.7 Å². The van der Waals surface area contributed by atoms with Gasteiger partial charge in [-0.2, -0.15) is 0 Å². The van der Waals surface area contributed by atoms with E-state index < -0.39 is 0 Å².